The van der Waals surface area contributed by atoms with E-state index in [-0.39, 0.29) is 23.0 Å². The Balaban J connectivity index is 1.93. The summed E-state index contributed by atoms with van der Waals surface area (Å²) in [5, 5.41) is 6.53. The lowest BCUT2D eigenvalue weighted by molar-refractivity contribution is -0.119. The van der Waals surface area contributed by atoms with Gasteiger partial charge in [-0.25, -0.2) is 4.98 Å². The first-order valence-corrected chi connectivity index (χ1v) is 6.64. The maximum absolute atomic E-state index is 12.3. The topological polar surface area (TPSA) is 71.1 Å². The number of pyridine rings is 1. The highest BCUT2D eigenvalue weighted by Gasteiger charge is 2.24. The van der Waals surface area contributed by atoms with Gasteiger partial charge < -0.3 is 10.6 Å². The second kappa shape index (κ2) is 5.09. The van der Waals surface area contributed by atoms with Crippen LogP contribution in [0.15, 0.2) is 30.3 Å². The Labute approximate surface area is 120 Å². The highest BCUT2D eigenvalue weighted by Crippen LogP contribution is 2.21. The molecule has 1 saturated heterocycles. The van der Waals surface area contributed by atoms with Gasteiger partial charge >= 0.3 is 0 Å². The van der Waals surface area contributed by atoms with E-state index < -0.39 is 0 Å². The van der Waals surface area contributed by atoms with Gasteiger partial charge in [-0.2, -0.15) is 0 Å². The number of carbonyl (C=O) groups is 2. The van der Waals surface area contributed by atoms with Crippen molar-refractivity contribution in [1.82, 2.24) is 15.6 Å². The summed E-state index contributed by atoms with van der Waals surface area (Å²) in [6.45, 7) is 0.460. The van der Waals surface area contributed by atoms with Crippen molar-refractivity contribution in [3.63, 3.8) is 0 Å². The smallest absolute Gasteiger partial charge is 0.252 e. The van der Waals surface area contributed by atoms with Crippen LogP contribution in [0.3, 0.4) is 0 Å². The first kappa shape index (κ1) is 12.9. The highest BCUT2D eigenvalue weighted by atomic mass is 35.5. The van der Waals surface area contributed by atoms with Gasteiger partial charge in [0.2, 0.25) is 5.91 Å². The maximum atomic E-state index is 12.3. The minimum absolute atomic E-state index is 0.0482. The Kier molecular flexibility index (Phi) is 3.28. The number of hydrogen-bond acceptors (Lipinski definition) is 3. The predicted octanol–water partition coefficient (Wildman–Crippen LogP) is 1.51. The standard InChI is InChI=1S/C14H12ClN3O2/c15-12-6-10(9-3-1-2-4-11(9)18-12)14(20)17-8-5-13(19)16-7-8/h1-4,6,8H,5,7H2,(H,16,19)(H,17,20). The number of benzene rings is 1. The van der Waals surface area contributed by atoms with Crippen LogP contribution in [0.25, 0.3) is 10.9 Å². The number of amides is 2. The molecule has 0 bridgehead atoms. The number of rotatable bonds is 2. The van der Waals surface area contributed by atoms with E-state index in [1.165, 1.54) is 0 Å². The van der Waals surface area contributed by atoms with Crippen LogP contribution in [-0.4, -0.2) is 29.4 Å². The molecular formula is C14H12ClN3O2. The van der Waals surface area contributed by atoms with Crippen LogP contribution in [0.1, 0.15) is 16.8 Å². The Hall–Kier alpha value is -2.14. The molecule has 0 aliphatic carbocycles. The first-order chi connectivity index (χ1) is 9.63. The largest absolute Gasteiger partial charge is 0.354 e. The fourth-order valence-corrected chi connectivity index (χ4v) is 2.50. The molecule has 1 aromatic carbocycles. The zero-order chi connectivity index (χ0) is 14.1. The number of nitrogens with zero attached hydrogens (tertiary/aromatic N) is 1. The normalized spacial score (nSPS) is 18.1. The lowest BCUT2D eigenvalue weighted by atomic mass is 10.1. The van der Waals surface area contributed by atoms with Gasteiger partial charge in [-0.05, 0) is 12.1 Å². The zero-order valence-electron chi connectivity index (χ0n) is 10.5. The van der Waals surface area contributed by atoms with Gasteiger partial charge in [0.05, 0.1) is 17.1 Å². The monoisotopic (exact) mass is 289 g/mol. The van der Waals surface area contributed by atoms with Crippen molar-refractivity contribution in [1.29, 1.82) is 0 Å². The van der Waals surface area contributed by atoms with E-state index >= 15 is 0 Å². The number of nitrogens with one attached hydrogen (secondary N) is 2. The van der Waals surface area contributed by atoms with Crippen molar-refractivity contribution in [3.05, 3.63) is 41.0 Å². The lowest BCUT2D eigenvalue weighted by Gasteiger charge is -2.12. The number of para-hydroxylation sites is 1. The molecule has 1 aromatic heterocycles. The average molecular weight is 290 g/mol. The molecule has 2 N–H and O–H groups in total. The Morgan fingerprint density at radius 2 is 2.20 bits per heavy atom. The average Bonchev–Trinajstić information content (AvgIpc) is 2.83. The van der Waals surface area contributed by atoms with Crippen LogP contribution in [0.4, 0.5) is 0 Å². The molecule has 20 heavy (non-hydrogen) atoms. The molecule has 0 radical (unpaired) electrons. The van der Waals surface area contributed by atoms with Gasteiger partial charge in [0.15, 0.2) is 0 Å². The molecule has 1 aliphatic rings. The molecule has 6 heteroatoms. The molecule has 0 spiro atoms. The molecule has 1 fully saturated rings. The van der Waals surface area contributed by atoms with Crippen molar-refractivity contribution in [3.8, 4) is 0 Å². The Morgan fingerprint density at radius 3 is 2.95 bits per heavy atom. The van der Waals surface area contributed by atoms with Crippen LogP contribution in [0.5, 0.6) is 0 Å². The van der Waals surface area contributed by atoms with E-state index in [1.807, 2.05) is 18.2 Å². The predicted molar refractivity (Wildman–Crippen MR) is 75.6 cm³/mol. The summed E-state index contributed by atoms with van der Waals surface area (Å²) in [7, 11) is 0. The van der Waals surface area contributed by atoms with Crippen molar-refractivity contribution in [2.24, 2.45) is 0 Å². The first-order valence-electron chi connectivity index (χ1n) is 6.26. The summed E-state index contributed by atoms with van der Waals surface area (Å²) in [4.78, 5) is 27.7. The summed E-state index contributed by atoms with van der Waals surface area (Å²) in [5.41, 5.74) is 1.14. The van der Waals surface area contributed by atoms with Crippen LogP contribution in [-0.2, 0) is 4.79 Å². The Morgan fingerprint density at radius 1 is 1.40 bits per heavy atom. The number of hydrogen-bond donors (Lipinski definition) is 2. The molecule has 5 nitrogen and oxygen atoms in total. The Bertz CT molecular complexity index is 702. The second-order valence-electron chi connectivity index (χ2n) is 4.69. The summed E-state index contributed by atoms with van der Waals surface area (Å²) in [6, 6.07) is 8.68. The van der Waals surface area contributed by atoms with Gasteiger partial charge in [-0.1, -0.05) is 29.8 Å². The maximum Gasteiger partial charge on any atom is 0.252 e. The minimum atomic E-state index is -0.244. The third kappa shape index (κ3) is 2.44. The molecule has 2 amide bonds. The van der Waals surface area contributed by atoms with Crippen LogP contribution >= 0.6 is 11.6 Å². The van der Waals surface area contributed by atoms with E-state index in [2.05, 4.69) is 15.6 Å². The van der Waals surface area contributed by atoms with E-state index in [0.717, 1.165) is 5.39 Å². The number of halogens is 1. The van der Waals surface area contributed by atoms with Gasteiger partial charge in [-0.15, -0.1) is 0 Å². The van der Waals surface area contributed by atoms with Crippen molar-refractivity contribution in [2.75, 3.05) is 6.54 Å². The lowest BCUT2D eigenvalue weighted by Crippen LogP contribution is -2.36. The molecule has 3 rings (SSSR count). The third-order valence-corrected chi connectivity index (χ3v) is 3.44. The van der Waals surface area contributed by atoms with Crippen LogP contribution < -0.4 is 10.6 Å². The van der Waals surface area contributed by atoms with Crippen LogP contribution in [0, 0.1) is 0 Å². The fourth-order valence-electron chi connectivity index (χ4n) is 2.30. The summed E-state index contributed by atoms with van der Waals surface area (Å²) in [6.07, 6.45) is 0.308. The SMILES string of the molecule is O=C1CC(NC(=O)c2cc(Cl)nc3ccccc23)CN1. The number of fused-ring (bicyclic) bond motifs is 1. The zero-order valence-corrected chi connectivity index (χ0v) is 11.3. The van der Waals surface area contributed by atoms with E-state index in [0.29, 0.717) is 24.0 Å². The van der Waals surface area contributed by atoms with Crippen molar-refractivity contribution >= 4 is 34.3 Å². The van der Waals surface area contributed by atoms with Gasteiger partial charge in [0, 0.05) is 18.4 Å². The molecule has 2 heterocycles. The summed E-state index contributed by atoms with van der Waals surface area (Å²) in [5.74, 6) is -0.292. The quantitative estimate of drug-likeness (QED) is 0.823. The molecule has 102 valence electrons. The van der Waals surface area contributed by atoms with Gasteiger partial charge in [-0.3, -0.25) is 9.59 Å². The highest BCUT2D eigenvalue weighted by molar-refractivity contribution is 6.30. The minimum Gasteiger partial charge on any atom is -0.354 e. The van der Waals surface area contributed by atoms with Crippen molar-refractivity contribution in [2.45, 2.75) is 12.5 Å². The van der Waals surface area contributed by atoms with E-state index in [9.17, 15) is 9.59 Å². The van der Waals surface area contributed by atoms with Gasteiger partial charge in [0.25, 0.3) is 5.91 Å². The molecule has 1 unspecified atom stereocenters. The third-order valence-electron chi connectivity index (χ3n) is 3.24. The summed E-state index contributed by atoms with van der Waals surface area (Å²) >= 11 is 5.95. The van der Waals surface area contributed by atoms with E-state index in [4.69, 9.17) is 11.6 Å². The molecule has 2 aromatic rings. The van der Waals surface area contributed by atoms with E-state index in [1.54, 1.807) is 12.1 Å². The second-order valence-corrected chi connectivity index (χ2v) is 5.08. The molecular weight excluding hydrogens is 278 g/mol. The molecule has 1 atom stereocenters. The number of aromatic nitrogens is 1. The summed E-state index contributed by atoms with van der Waals surface area (Å²) < 4.78 is 0. The fraction of sp³-hybridized carbons (Fsp3) is 0.214. The molecule has 0 saturated carbocycles. The van der Waals surface area contributed by atoms with Crippen LogP contribution in [0.2, 0.25) is 5.15 Å². The number of carbonyl (C=O) groups excluding carboxylic acids is 2. The molecule has 1 aliphatic heterocycles. The van der Waals surface area contributed by atoms with Crippen molar-refractivity contribution < 1.29 is 9.59 Å². The van der Waals surface area contributed by atoms with Gasteiger partial charge in [0.1, 0.15) is 5.15 Å².